The Morgan fingerprint density at radius 3 is 3.00 bits per heavy atom. The number of halogens is 1. The van der Waals surface area contributed by atoms with Crippen molar-refractivity contribution < 1.29 is 4.79 Å². The molecule has 0 N–H and O–H groups in total. The zero-order chi connectivity index (χ0) is 10.1. The summed E-state index contributed by atoms with van der Waals surface area (Å²) in [5.74, 6) is 0.203. The monoisotopic (exact) mass is 321 g/mol. The number of rotatable bonds is 1. The van der Waals surface area contributed by atoms with Gasteiger partial charge in [0.25, 0.3) is 5.91 Å². The van der Waals surface area contributed by atoms with Gasteiger partial charge in [0.2, 0.25) is 0 Å². The summed E-state index contributed by atoms with van der Waals surface area (Å²) < 4.78 is 1.18. The molecule has 2 heterocycles. The highest BCUT2D eigenvalue weighted by atomic mass is 127. The normalized spacial score (nSPS) is 21.6. The van der Waals surface area contributed by atoms with Crippen molar-refractivity contribution in [3.8, 4) is 0 Å². The standard InChI is InChI=1S/C10H12INOS/c1-7-3-2-4-12(7)10(13)8-5-9(11)14-6-8/h5-7H,2-4H2,1H3. The van der Waals surface area contributed by atoms with Crippen LogP contribution in [0.2, 0.25) is 0 Å². The van der Waals surface area contributed by atoms with Crippen LogP contribution in [0.1, 0.15) is 30.1 Å². The van der Waals surface area contributed by atoms with E-state index in [0.29, 0.717) is 6.04 Å². The van der Waals surface area contributed by atoms with Crippen LogP contribution >= 0.6 is 33.9 Å². The number of likely N-dealkylation sites (tertiary alicyclic amines) is 1. The van der Waals surface area contributed by atoms with E-state index in [4.69, 9.17) is 0 Å². The summed E-state index contributed by atoms with van der Waals surface area (Å²) in [7, 11) is 0. The van der Waals surface area contributed by atoms with Crippen molar-refractivity contribution in [2.75, 3.05) is 6.54 Å². The quantitative estimate of drug-likeness (QED) is 0.728. The molecule has 1 atom stereocenters. The zero-order valence-electron chi connectivity index (χ0n) is 8.00. The van der Waals surface area contributed by atoms with E-state index in [0.717, 1.165) is 24.9 Å². The van der Waals surface area contributed by atoms with Crippen molar-refractivity contribution in [2.45, 2.75) is 25.8 Å². The number of hydrogen-bond donors (Lipinski definition) is 0. The number of hydrogen-bond acceptors (Lipinski definition) is 2. The second kappa shape index (κ2) is 4.18. The van der Waals surface area contributed by atoms with E-state index in [-0.39, 0.29) is 5.91 Å². The second-order valence-electron chi connectivity index (χ2n) is 3.63. The van der Waals surface area contributed by atoms with Crippen LogP contribution in [0.4, 0.5) is 0 Å². The molecule has 4 heteroatoms. The van der Waals surface area contributed by atoms with Gasteiger partial charge >= 0.3 is 0 Å². The molecular weight excluding hydrogens is 309 g/mol. The molecule has 1 amide bonds. The molecule has 76 valence electrons. The van der Waals surface area contributed by atoms with Crippen molar-refractivity contribution in [1.82, 2.24) is 4.90 Å². The minimum Gasteiger partial charge on any atom is -0.336 e. The van der Waals surface area contributed by atoms with Gasteiger partial charge in [0.1, 0.15) is 0 Å². The molecule has 0 bridgehead atoms. The molecule has 0 aliphatic carbocycles. The van der Waals surface area contributed by atoms with E-state index in [1.807, 2.05) is 16.3 Å². The van der Waals surface area contributed by atoms with Crippen LogP contribution in [-0.2, 0) is 0 Å². The fourth-order valence-corrected chi connectivity index (χ4v) is 3.14. The topological polar surface area (TPSA) is 20.3 Å². The summed E-state index contributed by atoms with van der Waals surface area (Å²) in [6.45, 7) is 3.05. The highest BCUT2D eigenvalue weighted by molar-refractivity contribution is 14.1. The molecule has 1 aromatic heterocycles. The maximum atomic E-state index is 12.0. The zero-order valence-corrected chi connectivity index (χ0v) is 11.0. The van der Waals surface area contributed by atoms with Crippen LogP contribution in [0, 0.1) is 2.88 Å². The first kappa shape index (κ1) is 10.4. The molecule has 14 heavy (non-hydrogen) atoms. The average molecular weight is 321 g/mol. The van der Waals surface area contributed by atoms with Gasteiger partial charge < -0.3 is 4.90 Å². The van der Waals surface area contributed by atoms with Gasteiger partial charge in [0, 0.05) is 18.0 Å². The van der Waals surface area contributed by atoms with Gasteiger partial charge in [-0.05, 0) is 48.4 Å². The fraction of sp³-hybridized carbons (Fsp3) is 0.500. The maximum Gasteiger partial charge on any atom is 0.254 e. The first-order valence-corrected chi connectivity index (χ1v) is 6.69. The molecule has 1 unspecified atom stereocenters. The molecule has 0 spiro atoms. The van der Waals surface area contributed by atoms with Crippen molar-refractivity contribution in [1.29, 1.82) is 0 Å². The van der Waals surface area contributed by atoms with Crippen molar-refractivity contribution in [3.63, 3.8) is 0 Å². The molecule has 1 aliphatic rings. The van der Waals surface area contributed by atoms with Crippen LogP contribution in [-0.4, -0.2) is 23.4 Å². The van der Waals surface area contributed by atoms with Crippen molar-refractivity contribution >= 4 is 39.8 Å². The fourth-order valence-electron chi connectivity index (χ4n) is 1.82. The predicted molar refractivity (Wildman–Crippen MR) is 66.8 cm³/mol. The number of carbonyl (C=O) groups excluding carboxylic acids is 1. The highest BCUT2D eigenvalue weighted by Crippen LogP contribution is 2.23. The largest absolute Gasteiger partial charge is 0.336 e. The lowest BCUT2D eigenvalue weighted by Gasteiger charge is -2.20. The summed E-state index contributed by atoms with van der Waals surface area (Å²) in [5.41, 5.74) is 0.855. The Hall–Kier alpha value is -0.100. The van der Waals surface area contributed by atoms with Crippen LogP contribution in [0.3, 0.4) is 0 Å². The van der Waals surface area contributed by atoms with Gasteiger partial charge in [0.05, 0.1) is 8.45 Å². The third kappa shape index (κ3) is 1.95. The summed E-state index contributed by atoms with van der Waals surface area (Å²) in [6, 6.07) is 2.39. The molecule has 1 aliphatic heterocycles. The first-order valence-electron chi connectivity index (χ1n) is 4.73. The Balaban J connectivity index is 2.15. The van der Waals surface area contributed by atoms with Gasteiger partial charge in [-0.3, -0.25) is 4.79 Å². The molecule has 1 fully saturated rings. The van der Waals surface area contributed by atoms with Crippen LogP contribution in [0.25, 0.3) is 0 Å². The van der Waals surface area contributed by atoms with E-state index in [1.165, 1.54) is 2.88 Å². The van der Waals surface area contributed by atoms with E-state index in [9.17, 15) is 4.79 Å². The molecule has 0 aromatic carbocycles. The van der Waals surface area contributed by atoms with Gasteiger partial charge in [-0.2, -0.15) is 0 Å². The second-order valence-corrected chi connectivity index (χ2v) is 6.43. The average Bonchev–Trinajstić information content (AvgIpc) is 2.73. The van der Waals surface area contributed by atoms with Gasteiger partial charge in [-0.15, -0.1) is 11.3 Å². The molecule has 2 rings (SSSR count). The molecule has 0 saturated carbocycles. The summed E-state index contributed by atoms with van der Waals surface area (Å²) in [6.07, 6.45) is 2.29. The number of thiophene rings is 1. The summed E-state index contributed by atoms with van der Waals surface area (Å²) in [5, 5.41) is 1.95. The maximum absolute atomic E-state index is 12.0. The number of amides is 1. The Morgan fingerprint density at radius 2 is 2.50 bits per heavy atom. The molecule has 0 radical (unpaired) electrons. The molecule has 1 aromatic rings. The van der Waals surface area contributed by atoms with E-state index >= 15 is 0 Å². The van der Waals surface area contributed by atoms with E-state index in [1.54, 1.807) is 11.3 Å². The summed E-state index contributed by atoms with van der Waals surface area (Å²) in [4.78, 5) is 14.0. The summed E-state index contributed by atoms with van der Waals surface area (Å²) >= 11 is 3.88. The smallest absolute Gasteiger partial charge is 0.254 e. The van der Waals surface area contributed by atoms with E-state index < -0.39 is 0 Å². The minimum atomic E-state index is 0.203. The van der Waals surface area contributed by atoms with E-state index in [2.05, 4.69) is 29.5 Å². The lowest BCUT2D eigenvalue weighted by molar-refractivity contribution is 0.0748. The van der Waals surface area contributed by atoms with Gasteiger partial charge in [0.15, 0.2) is 0 Å². The van der Waals surface area contributed by atoms with Crippen molar-refractivity contribution in [3.05, 3.63) is 19.9 Å². The number of nitrogens with zero attached hydrogens (tertiary/aromatic N) is 1. The number of carbonyl (C=O) groups is 1. The lowest BCUT2D eigenvalue weighted by Crippen LogP contribution is -2.33. The Kier molecular flexibility index (Phi) is 3.11. The molecule has 2 nitrogen and oxygen atoms in total. The first-order chi connectivity index (χ1) is 6.68. The van der Waals surface area contributed by atoms with Gasteiger partial charge in [-0.1, -0.05) is 0 Å². The van der Waals surface area contributed by atoms with Crippen LogP contribution in [0.15, 0.2) is 11.4 Å². The Morgan fingerprint density at radius 1 is 1.71 bits per heavy atom. The SMILES string of the molecule is CC1CCCN1C(=O)c1csc(I)c1. The minimum absolute atomic E-state index is 0.203. The third-order valence-electron chi connectivity index (χ3n) is 2.63. The molecule has 1 saturated heterocycles. The Labute approximate surface area is 101 Å². The molecular formula is C10H12INOS. The third-order valence-corrected chi connectivity index (χ3v) is 4.42. The lowest BCUT2D eigenvalue weighted by atomic mass is 10.2. The predicted octanol–water partition coefficient (Wildman–Crippen LogP) is 2.98. The van der Waals surface area contributed by atoms with Crippen LogP contribution < -0.4 is 0 Å². The Bertz CT molecular complexity index is 350. The van der Waals surface area contributed by atoms with Crippen LogP contribution in [0.5, 0.6) is 0 Å². The van der Waals surface area contributed by atoms with Gasteiger partial charge in [-0.25, -0.2) is 0 Å². The van der Waals surface area contributed by atoms with Crippen molar-refractivity contribution in [2.24, 2.45) is 0 Å². The highest BCUT2D eigenvalue weighted by Gasteiger charge is 2.26.